The van der Waals surface area contributed by atoms with Gasteiger partial charge in [-0.2, -0.15) is 0 Å². The predicted octanol–water partition coefficient (Wildman–Crippen LogP) is -4.22. The molecule has 0 amide bonds. The molecular formula is C2H9NaO7P2. The van der Waals surface area contributed by atoms with Crippen molar-refractivity contribution in [3.63, 3.8) is 0 Å². The molecule has 0 aliphatic heterocycles. The quantitative estimate of drug-likeness (QED) is 0.245. The van der Waals surface area contributed by atoms with Crippen LogP contribution in [-0.4, -0.2) is 36.7 Å². The molecular weight excluding hydrogens is 221 g/mol. The maximum atomic E-state index is 10.3. The van der Waals surface area contributed by atoms with Crippen molar-refractivity contribution >= 4 is 15.2 Å². The largest absolute Gasteiger partial charge is 1.00 e. The maximum absolute atomic E-state index is 10.3. The second kappa shape index (κ2) is 5.22. The van der Waals surface area contributed by atoms with Gasteiger partial charge in [0.1, 0.15) is 0 Å². The summed E-state index contributed by atoms with van der Waals surface area (Å²) in [6, 6.07) is 0. The van der Waals surface area contributed by atoms with Crippen LogP contribution in [0.4, 0.5) is 0 Å². The summed E-state index contributed by atoms with van der Waals surface area (Å²) in [6.07, 6.45) is 0. The molecule has 0 saturated heterocycles. The molecule has 0 saturated carbocycles. The van der Waals surface area contributed by atoms with Gasteiger partial charge < -0.3 is 26.1 Å². The van der Waals surface area contributed by atoms with Gasteiger partial charge in [-0.05, 0) is 0 Å². The smallest absolute Gasteiger partial charge is 1.00 e. The van der Waals surface area contributed by atoms with Crippen LogP contribution in [0.1, 0.15) is 1.43 Å². The molecule has 0 radical (unpaired) electrons. The third-order valence-corrected chi connectivity index (χ3v) is 4.62. The zero-order valence-corrected chi connectivity index (χ0v) is 10.0. The zero-order valence-electron chi connectivity index (χ0n) is 7.23. The molecule has 12 heavy (non-hydrogen) atoms. The SMILES string of the molecule is O=P(O)(O)C(CO)P(=O)(O)O.[H-].[Na+]. The van der Waals surface area contributed by atoms with Crippen LogP contribution < -0.4 is 29.6 Å². The first-order valence-electron chi connectivity index (χ1n) is 2.41. The Hall–Kier alpha value is 1.26. The second-order valence-corrected chi connectivity index (χ2v) is 5.85. The molecule has 0 aromatic heterocycles. The van der Waals surface area contributed by atoms with E-state index in [1.807, 2.05) is 0 Å². The second-order valence-electron chi connectivity index (χ2n) is 1.84. The van der Waals surface area contributed by atoms with E-state index in [-0.39, 0.29) is 31.0 Å². The number of hydrogen-bond donors (Lipinski definition) is 5. The Balaban J connectivity index is -0.000000500. The van der Waals surface area contributed by atoms with E-state index in [0.29, 0.717) is 0 Å². The summed E-state index contributed by atoms with van der Waals surface area (Å²) in [5.74, 6) is 0. The fourth-order valence-electron chi connectivity index (χ4n) is 0.409. The van der Waals surface area contributed by atoms with Crippen molar-refractivity contribution in [1.82, 2.24) is 0 Å². The topological polar surface area (TPSA) is 135 Å². The first kappa shape index (κ1) is 15.7. The summed E-state index contributed by atoms with van der Waals surface area (Å²) in [4.78, 5) is 33.1. The van der Waals surface area contributed by atoms with Gasteiger partial charge in [-0.1, -0.05) is 0 Å². The molecule has 0 aliphatic rings. The van der Waals surface area contributed by atoms with Crippen LogP contribution >= 0.6 is 15.2 Å². The molecule has 70 valence electrons. The summed E-state index contributed by atoms with van der Waals surface area (Å²) in [5, 5.41) is 5.92. The molecule has 0 atom stereocenters. The molecule has 10 heteroatoms. The monoisotopic (exact) mass is 230 g/mol. The Morgan fingerprint density at radius 2 is 1.33 bits per heavy atom. The molecule has 0 aliphatic carbocycles. The van der Waals surface area contributed by atoms with Gasteiger partial charge in [0.15, 0.2) is 5.40 Å². The molecule has 0 aromatic rings. The number of rotatable bonds is 3. The molecule has 0 heterocycles. The summed E-state index contributed by atoms with van der Waals surface area (Å²) >= 11 is 0. The summed E-state index contributed by atoms with van der Waals surface area (Å²) < 4.78 is 20.5. The van der Waals surface area contributed by atoms with E-state index in [0.717, 1.165) is 0 Å². The molecule has 0 aromatic carbocycles. The van der Waals surface area contributed by atoms with Gasteiger partial charge in [0, 0.05) is 0 Å². The van der Waals surface area contributed by atoms with Crippen molar-refractivity contribution in [2.75, 3.05) is 6.61 Å². The van der Waals surface area contributed by atoms with Crippen molar-refractivity contribution in [2.24, 2.45) is 0 Å². The Bertz CT molecular complexity index is 199. The average Bonchev–Trinajstić information content (AvgIpc) is 1.56. The molecule has 0 bridgehead atoms. The van der Waals surface area contributed by atoms with E-state index in [2.05, 4.69) is 0 Å². The molecule has 5 N–H and O–H groups in total. The molecule has 0 spiro atoms. The Morgan fingerprint density at radius 3 is 1.33 bits per heavy atom. The molecule has 0 unspecified atom stereocenters. The van der Waals surface area contributed by atoms with Crippen molar-refractivity contribution in [3.05, 3.63) is 0 Å². The average molecular weight is 230 g/mol. The molecule has 0 fully saturated rings. The first-order chi connectivity index (χ1) is 4.69. The third kappa shape index (κ3) is 5.09. The molecule has 0 rings (SSSR count). The van der Waals surface area contributed by atoms with Crippen LogP contribution in [0.15, 0.2) is 0 Å². The van der Waals surface area contributed by atoms with Gasteiger partial charge in [-0.15, -0.1) is 0 Å². The van der Waals surface area contributed by atoms with Gasteiger partial charge in [0.25, 0.3) is 0 Å². The fourth-order valence-corrected chi connectivity index (χ4v) is 2.40. The van der Waals surface area contributed by atoms with Crippen molar-refractivity contribution < 1.29 is 64.8 Å². The minimum absolute atomic E-state index is 0. The number of aliphatic hydroxyl groups excluding tert-OH is 1. The minimum atomic E-state index is -4.91. The Labute approximate surface area is 91.9 Å². The van der Waals surface area contributed by atoms with E-state index in [4.69, 9.17) is 24.7 Å². The van der Waals surface area contributed by atoms with Crippen LogP contribution in [0.25, 0.3) is 0 Å². The van der Waals surface area contributed by atoms with Crippen molar-refractivity contribution in [2.45, 2.75) is 5.40 Å². The van der Waals surface area contributed by atoms with Crippen LogP contribution in [0.5, 0.6) is 0 Å². The Kier molecular flexibility index (Phi) is 6.84. The summed E-state index contributed by atoms with van der Waals surface area (Å²) in [6.45, 7) is -1.24. The predicted molar refractivity (Wildman–Crippen MR) is 36.1 cm³/mol. The minimum Gasteiger partial charge on any atom is -1.00 e. The van der Waals surface area contributed by atoms with Crippen LogP contribution in [0.2, 0.25) is 0 Å². The molecule has 7 nitrogen and oxygen atoms in total. The normalized spacial score (nSPS) is 12.8. The van der Waals surface area contributed by atoms with Gasteiger partial charge >= 0.3 is 44.7 Å². The van der Waals surface area contributed by atoms with E-state index in [9.17, 15) is 9.13 Å². The standard InChI is InChI=1S/C2H8O7P2.Na.H/c3-1-2(10(4,5)6)11(7,8)9;;/h2-3H,1H2,(H2,4,5,6)(H2,7,8,9);;/q;+1;-1. The van der Waals surface area contributed by atoms with E-state index in [1.54, 1.807) is 0 Å². The Morgan fingerprint density at radius 1 is 1.08 bits per heavy atom. The maximum Gasteiger partial charge on any atom is 1.00 e. The van der Waals surface area contributed by atoms with Gasteiger partial charge in [0.05, 0.1) is 6.61 Å². The number of aliphatic hydroxyl groups is 1. The van der Waals surface area contributed by atoms with Crippen molar-refractivity contribution in [1.29, 1.82) is 0 Å². The van der Waals surface area contributed by atoms with Crippen LogP contribution in [0, 0.1) is 0 Å². The van der Waals surface area contributed by atoms with E-state index in [1.165, 1.54) is 0 Å². The van der Waals surface area contributed by atoms with E-state index >= 15 is 0 Å². The van der Waals surface area contributed by atoms with Gasteiger partial charge in [-0.3, -0.25) is 9.13 Å². The third-order valence-electron chi connectivity index (χ3n) is 0.940. The van der Waals surface area contributed by atoms with E-state index < -0.39 is 27.2 Å². The van der Waals surface area contributed by atoms with Crippen LogP contribution in [0.3, 0.4) is 0 Å². The first-order valence-corrected chi connectivity index (χ1v) is 5.77. The van der Waals surface area contributed by atoms with Crippen molar-refractivity contribution in [3.8, 4) is 0 Å². The number of hydrogen-bond acceptors (Lipinski definition) is 3. The van der Waals surface area contributed by atoms with Gasteiger partial charge in [0.2, 0.25) is 0 Å². The summed E-state index contributed by atoms with van der Waals surface area (Å²) in [5.41, 5.74) is 0. The van der Waals surface area contributed by atoms with Gasteiger partial charge in [-0.25, -0.2) is 0 Å². The summed E-state index contributed by atoms with van der Waals surface area (Å²) in [7, 11) is -9.82. The zero-order chi connectivity index (χ0) is 9.28. The fraction of sp³-hybridized carbons (Fsp3) is 1.00. The van der Waals surface area contributed by atoms with Crippen LogP contribution in [-0.2, 0) is 9.13 Å².